The van der Waals surface area contributed by atoms with E-state index in [0.29, 0.717) is 5.11 Å². The molecule has 0 saturated carbocycles. The normalized spacial score (nSPS) is 17.4. The van der Waals surface area contributed by atoms with Crippen LogP contribution in [0.2, 0.25) is 0 Å². The Morgan fingerprint density at radius 2 is 1.58 bits per heavy atom. The minimum absolute atomic E-state index is 0.113. The molecular weight excluding hydrogens is 468 g/mol. The fraction of sp³-hybridized carbons (Fsp3) is 0.241. The van der Waals surface area contributed by atoms with Gasteiger partial charge in [-0.3, -0.25) is 4.98 Å². The lowest BCUT2D eigenvalue weighted by Crippen LogP contribution is -2.30. The second-order valence-electron chi connectivity index (χ2n) is 9.09. The average Bonchev–Trinajstić information content (AvgIpc) is 3.44. The average molecular weight is 499 g/mol. The maximum Gasteiger partial charge on any atom is 0.174 e. The summed E-state index contributed by atoms with van der Waals surface area (Å²) in [5.41, 5.74) is 5.24. The number of benzene rings is 2. The molecule has 7 heteroatoms. The number of methoxy groups -OCH3 is 1. The molecule has 4 aromatic rings. The van der Waals surface area contributed by atoms with Crippen LogP contribution in [0, 0.1) is 6.92 Å². The van der Waals surface area contributed by atoms with Crippen molar-refractivity contribution in [2.45, 2.75) is 39.0 Å². The standard InChI is InChI=1S/C29H30N4O2S/c1-19(2)35-24-15-11-22(12-16-24)33-28(27(31-29(33)36)25-7-5-6-18-30-25)26-17-8-20(3)32(26)21-9-13-23(34-4)14-10-21/h5-19,27-28H,1-4H3,(H,31,36)/t27-,28-/m1/s1. The van der Waals surface area contributed by atoms with Crippen molar-refractivity contribution >= 4 is 23.0 Å². The minimum Gasteiger partial charge on any atom is -0.497 e. The summed E-state index contributed by atoms with van der Waals surface area (Å²) in [5.74, 6) is 1.66. The van der Waals surface area contributed by atoms with Crippen LogP contribution in [0.4, 0.5) is 5.69 Å². The topological polar surface area (TPSA) is 51.5 Å². The van der Waals surface area contributed by atoms with E-state index in [1.165, 1.54) is 0 Å². The van der Waals surface area contributed by atoms with Crippen molar-refractivity contribution in [2.75, 3.05) is 12.0 Å². The third-order valence-corrected chi connectivity index (χ3v) is 6.64. The summed E-state index contributed by atoms with van der Waals surface area (Å²) in [6.45, 7) is 6.17. The van der Waals surface area contributed by atoms with Gasteiger partial charge in [-0.2, -0.15) is 0 Å². The summed E-state index contributed by atoms with van der Waals surface area (Å²) in [4.78, 5) is 6.87. The van der Waals surface area contributed by atoms with Gasteiger partial charge >= 0.3 is 0 Å². The Labute approximate surface area is 217 Å². The van der Waals surface area contributed by atoms with Gasteiger partial charge in [0.1, 0.15) is 17.5 Å². The fourth-order valence-corrected chi connectivity index (χ4v) is 5.11. The highest BCUT2D eigenvalue weighted by molar-refractivity contribution is 7.80. The molecule has 1 aliphatic rings. The molecule has 2 aromatic carbocycles. The van der Waals surface area contributed by atoms with E-state index in [0.717, 1.165) is 40.0 Å². The molecule has 0 spiro atoms. The summed E-state index contributed by atoms with van der Waals surface area (Å²) in [6, 6.07) is 26.3. The molecular formula is C29H30N4O2S. The number of rotatable bonds is 7. The lowest BCUT2D eigenvalue weighted by atomic mass is 10.0. The van der Waals surface area contributed by atoms with Gasteiger partial charge in [-0.15, -0.1) is 0 Å². The third-order valence-electron chi connectivity index (χ3n) is 6.32. The molecule has 5 rings (SSSR count). The summed E-state index contributed by atoms with van der Waals surface area (Å²) >= 11 is 5.91. The van der Waals surface area contributed by atoms with Gasteiger partial charge in [0.15, 0.2) is 5.11 Å². The number of ether oxygens (including phenoxy) is 2. The summed E-state index contributed by atoms with van der Waals surface area (Å²) in [5, 5.41) is 4.21. The van der Waals surface area contributed by atoms with Gasteiger partial charge in [0.2, 0.25) is 0 Å². The molecule has 1 N–H and O–H groups in total. The molecule has 2 atom stereocenters. The van der Waals surface area contributed by atoms with Crippen molar-refractivity contribution in [2.24, 2.45) is 0 Å². The Morgan fingerprint density at radius 1 is 0.889 bits per heavy atom. The molecule has 6 nitrogen and oxygen atoms in total. The van der Waals surface area contributed by atoms with Crippen molar-refractivity contribution in [3.63, 3.8) is 0 Å². The highest BCUT2D eigenvalue weighted by Crippen LogP contribution is 2.43. The number of hydrogen-bond donors (Lipinski definition) is 1. The van der Waals surface area contributed by atoms with Crippen LogP contribution in [-0.4, -0.2) is 27.9 Å². The van der Waals surface area contributed by atoms with E-state index < -0.39 is 0 Å². The maximum atomic E-state index is 5.91. The lowest BCUT2D eigenvalue weighted by Gasteiger charge is -2.29. The van der Waals surface area contributed by atoms with Gasteiger partial charge in [-0.25, -0.2) is 0 Å². The lowest BCUT2D eigenvalue weighted by molar-refractivity contribution is 0.242. The van der Waals surface area contributed by atoms with Crippen molar-refractivity contribution < 1.29 is 9.47 Å². The quantitative estimate of drug-likeness (QED) is 0.308. The smallest absolute Gasteiger partial charge is 0.174 e. The van der Waals surface area contributed by atoms with Crippen molar-refractivity contribution in [1.82, 2.24) is 14.9 Å². The SMILES string of the molecule is COc1ccc(-n2c(C)ccc2[C@@H]2[C@@H](c3ccccn3)NC(=S)N2c2ccc(OC(C)C)cc2)cc1. The molecule has 2 aromatic heterocycles. The van der Waals surface area contributed by atoms with E-state index in [-0.39, 0.29) is 18.2 Å². The zero-order valence-electron chi connectivity index (χ0n) is 20.9. The highest BCUT2D eigenvalue weighted by atomic mass is 32.1. The summed E-state index contributed by atoms with van der Waals surface area (Å²) in [6.07, 6.45) is 1.94. The number of hydrogen-bond acceptors (Lipinski definition) is 4. The number of nitrogens with one attached hydrogen (secondary N) is 1. The second kappa shape index (κ2) is 10.0. The van der Waals surface area contributed by atoms with Crippen LogP contribution in [0.25, 0.3) is 5.69 Å². The van der Waals surface area contributed by atoms with Crippen LogP contribution in [0.1, 0.15) is 43.0 Å². The highest BCUT2D eigenvalue weighted by Gasteiger charge is 2.42. The minimum atomic E-state index is -0.128. The fourth-order valence-electron chi connectivity index (χ4n) is 4.76. The molecule has 0 bridgehead atoms. The Kier molecular flexibility index (Phi) is 6.65. The maximum absolute atomic E-state index is 5.91. The van der Waals surface area contributed by atoms with Crippen LogP contribution in [0.15, 0.2) is 85.1 Å². The van der Waals surface area contributed by atoms with E-state index in [9.17, 15) is 0 Å². The van der Waals surface area contributed by atoms with Crippen LogP contribution < -0.4 is 19.7 Å². The van der Waals surface area contributed by atoms with Crippen LogP contribution in [0.5, 0.6) is 11.5 Å². The van der Waals surface area contributed by atoms with Gasteiger partial charge in [0.05, 0.1) is 24.9 Å². The van der Waals surface area contributed by atoms with E-state index in [2.05, 4.69) is 63.1 Å². The molecule has 184 valence electrons. The largest absolute Gasteiger partial charge is 0.497 e. The molecule has 0 radical (unpaired) electrons. The number of pyridine rings is 1. The third kappa shape index (κ3) is 4.54. The first-order valence-electron chi connectivity index (χ1n) is 12.1. The van der Waals surface area contributed by atoms with E-state index in [1.54, 1.807) is 7.11 Å². The van der Waals surface area contributed by atoms with E-state index >= 15 is 0 Å². The molecule has 1 fully saturated rings. The monoisotopic (exact) mass is 498 g/mol. The number of aryl methyl sites for hydroxylation is 1. The van der Waals surface area contributed by atoms with Crippen LogP contribution >= 0.6 is 12.2 Å². The Bertz CT molecular complexity index is 1330. The van der Waals surface area contributed by atoms with E-state index in [4.69, 9.17) is 21.7 Å². The van der Waals surface area contributed by atoms with Gasteiger partial charge < -0.3 is 24.3 Å². The molecule has 1 saturated heterocycles. The zero-order valence-corrected chi connectivity index (χ0v) is 21.7. The molecule has 3 heterocycles. The number of nitrogens with zero attached hydrogens (tertiary/aromatic N) is 3. The molecule has 36 heavy (non-hydrogen) atoms. The van der Waals surface area contributed by atoms with Gasteiger partial charge in [-0.05, 0) is 106 Å². The van der Waals surface area contributed by atoms with Crippen LogP contribution in [0.3, 0.4) is 0 Å². The van der Waals surface area contributed by atoms with Crippen LogP contribution in [-0.2, 0) is 0 Å². The van der Waals surface area contributed by atoms with E-state index in [1.807, 2.05) is 62.5 Å². The first-order chi connectivity index (χ1) is 17.5. The predicted octanol–water partition coefficient (Wildman–Crippen LogP) is 6.15. The van der Waals surface area contributed by atoms with Gasteiger partial charge in [-0.1, -0.05) is 6.07 Å². The molecule has 0 aliphatic carbocycles. The van der Waals surface area contributed by atoms with Crippen molar-refractivity contribution in [1.29, 1.82) is 0 Å². The van der Waals surface area contributed by atoms with Crippen molar-refractivity contribution in [3.05, 3.63) is 102 Å². The number of thiocarbonyl (C=S) groups is 1. The second-order valence-corrected chi connectivity index (χ2v) is 9.48. The number of anilines is 1. The van der Waals surface area contributed by atoms with Crippen molar-refractivity contribution in [3.8, 4) is 17.2 Å². The summed E-state index contributed by atoms with van der Waals surface area (Å²) in [7, 11) is 1.68. The number of aromatic nitrogens is 2. The van der Waals surface area contributed by atoms with Gasteiger partial charge in [0, 0.05) is 29.0 Å². The molecule has 0 unspecified atom stereocenters. The Hall–Kier alpha value is -3.84. The molecule has 1 aliphatic heterocycles. The Morgan fingerprint density at radius 3 is 2.22 bits per heavy atom. The predicted molar refractivity (Wildman–Crippen MR) is 147 cm³/mol. The van der Waals surface area contributed by atoms with Gasteiger partial charge in [0.25, 0.3) is 0 Å². The first-order valence-corrected chi connectivity index (χ1v) is 12.5. The summed E-state index contributed by atoms with van der Waals surface area (Å²) < 4.78 is 13.5. The first kappa shape index (κ1) is 23.9. The molecule has 0 amide bonds. The zero-order chi connectivity index (χ0) is 25.2. The Balaban J connectivity index is 1.62.